The van der Waals surface area contributed by atoms with Gasteiger partial charge >= 0.3 is 0 Å². The molecule has 0 amide bonds. The average Bonchev–Trinajstić information content (AvgIpc) is 2.19. The van der Waals surface area contributed by atoms with Crippen molar-refractivity contribution < 1.29 is 13.2 Å². The van der Waals surface area contributed by atoms with Crippen LogP contribution >= 0.6 is 12.2 Å². The molecule has 3 N–H and O–H groups in total. The molecule has 6 heteroatoms. The van der Waals surface area contributed by atoms with Gasteiger partial charge in [0.25, 0.3) is 0 Å². The van der Waals surface area contributed by atoms with Crippen LogP contribution in [0, 0.1) is 17.0 Å². The van der Waals surface area contributed by atoms with E-state index in [9.17, 15) is 8.78 Å². The molecule has 3 nitrogen and oxygen atoms in total. The predicted octanol–water partition coefficient (Wildman–Crippen LogP) is 1.82. The second kappa shape index (κ2) is 3.64. The number of fused-ring (bicyclic) bond motifs is 1. The van der Waals surface area contributed by atoms with Gasteiger partial charge in [-0.3, -0.25) is 5.41 Å². The lowest BCUT2D eigenvalue weighted by atomic mass is 10.2. The van der Waals surface area contributed by atoms with Crippen LogP contribution < -0.4 is 11.3 Å². The van der Waals surface area contributed by atoms with Gasteiger partial charge < -0.3 is 10.2 Å². The van der Waals surface area contributed by atoms with Gasteiger partial charge in [-0.1, -0.05) is 12.2 Å². The Morgan fingerprint density at radius 3 is 2.50 bits per heavy atom. The van der Waals surface area contributed by atoms with Gasteiger partial charge in [-0.05, 0) is 12.1 Å². The minimum Gasteiger partial charge on any atom is -0.438 e. The molecule has 0 aliphatic carbocycles. The summed E-state index contributed by atoms with van der Waals surface area (Å²) in [5.41, 5.74) is 5.35. The van der Waals surface area contributed by atoms with Crippen LogP contribution in [0.15, 0.2) is 22.6 Å². The van der Waals surface area contributed by atoms with Crippen LogP contribution in [0.2, 0.25) is 0 Å². The molecule has 0 aliphatic rings. The molecular weight excluding hydrogens is 234 g/mol. The second-order valence-electron chi connectivity index (χ2n) is 3.16. The molecule has 0 unspecified atom stereocenters. The van der Waals surface area contributed by atoms with Crippen molar-refractivity contribution in [2.24, 2.45) is 5.73 Å². The third-order valence-electron chi connectivity index (χ3n) is 2.07. The lowest BCUT2D eigenvalue weighted by Crippen LogP contribution is -2.19. The Morgan fingerprint density at radius 1 is 1.25 bits per heavy atom. The van der Waals surface area contributed by atoms with Gasteiger partial charge in [0.1, 0.15) is 10.6 Å². The molecule has 0 fully saturated rings. The van der Waals surface area contributed by atoms with Crippen molar-refractivity contribution in [2.75, 3.05) is 0 Å². The first kappa shape index (κ1) is 10.7. The van der Waals surface area contributed by atoms with E-state index in [1.165, 1.54) is 6.07 Å². The van der Waals surface area contributed by atoms with E-state index in [1.807, 2.05) is 0 Å². The zero-order chi connectivity index (χ0) is 11.9. The highest BCUT2D eigenvalue weighted by Crippen LogP contribution is 2.17. The Bertz CT molecular complexity index is 651. The van der Waals surface area contributed by atoms with Gasteiger partial charge in [-0.15, -0.1) is 0 Å². The van der Waals surface area contributed by atoms with Crippen LogP contribution in [0.1, 0.15) is 5.56 Å². The Hall–Kier alpha value is -1.82. The van der Waals surface area contributed by atoms with Crippen LogP contribution in [0.25, 0.3) is 11.0 Å². The summed E-state index contributed by atoms with van der Waals surface area (Å²) in [6.07, 6.45) is 0. The van der Waals surface area contributed by atoms with Gasteiger partial charge in [-0.25, -0.2) is 8.78 Å². The molecule has 82 valence electrons. The summed E-state index contributed by atoms with van der Waals surface area (Å²) in [7, 11) is 0. The largest absolute Gasteiger partial charge is 0.438 e. The number of hydrogen-bond donors (Lipinski definition) is 2. The van der Waals surface area contributed by atoms with Crippen molar-refractivity contribution in [2.45, 2.75) is 0 Å². The highest BCUT2D eigenvalue weighted by atomic mass is 32.1. The Morgan fingerprint density at radius 2 is 1.88 bits per heavy atom. The topological polar surface area (TPSA) is 63.0 Å². The van der Waals surface area contributed by atoms with Crippen molar-refractivity contribution in [3.8, 4) is 0 Å². The van der Waals surface area contributed by atoms with Crippen LogP contribution in [0.4, 0.5) is 8.78 Å². The molecule has 0 radical (unpaired) electrons. The van der Waals surface area contributed by atoms with Crippen LogP contribution in [-0.2, 0) is 0 Å². The zero-order valence-electron chi connectivity index (χ0n) is 7.88. The lowest BCUT2D eigenvalue weighted by Gasteiger charge is -2.02. The minimum absolute atomic E-state index is 0.0274. The average molecular weight is 240 g/mol. The number of nitrogens with two attached hydrogens (primary N) is 1. The fraction of sp³-hybridized carbons (Fsp3) is 0. The normalized spacial score (nSPS) is 10.6. The second-order valence-corrected chi connectivity index (χ2v) is 3.60. The van der Waals surface area contributed by atoms with Crippen LogP contribution in [0.3, 0.4) is 0 Å². The summed E-state index contributed by atoms with van der Waals surface area (Å²) >= 11 is 4.70. The van der Waals surface area contributed by atoms with Crippen molar-refractivity contribution in [3.63, 3.8) is 0 Å². The monoisotopic (exact) mass is 240 g/mol. The maximum atomic E-state index is 13.0. The molecule has 2 aromatic rings. The molecule has 16 heavy (non-hydrogen) atoms. The Labute approximate surface area is 94.0 Å². The van der Waals surface area contributed by atoms with Crippen molar-refractivity contribution in [3.05, 3.63) is 41.0 Å². The van der Waals surface area contributed by atoms with Gasteiger partial charge in [-0.2, -0.15) is 0 Å². The van der Waals surface area contributed by atoms with E-state index in [-0.39, 0.29) is 21.7 Å². The molecule has 1 heterocycles. The third-order valence-corrected chi connectivity index (χ3v) is 2.29. The highest BCUT2D eigenvalue weighted by molar-refractivity contribution is 7.80. The molecule has 0 saturated heterocycles. The number of nitrogens with one attached hydrogen (secondary N) is 1. The van der Waals surface area contributed by atoms with Crippen molar-refractivity contribution in [1.29, 1.82) is 5.41 Å². The molecule has 0 aliphatic heterocycles. The summed E-state index contributed by atoms with van der Waals surface area (Å²) in [6.45, 7) is 0. The van der Waals surface area contributed by atoms with E-state index >= 15 is 0 Å². The van der Waals surface area contributed by atoms with E-state index in [2.05, 4.69) is 0 Å². The maximum absolute atomic E-state index is 13.0. The summed E-state index contributed by atoms with van der Waals surface area (Å²) < 4.78 is 30.8. The van der Waals surface area contributed by atoms with Gasteiger partial charge in [0.05, 0.1) is 5.56 Å². The predicted molar refractivity (Wildman–Crippen MR) is 57.9 cm³/mol. The third kappa shape index (κ3) is 1.67. The number of halogens is 2. The summed E-state index contributed by atoms with van der Waals surface area (Å²) in [6, 6.07) is 3.24. The number of benzene rings is 1. The first-order valence-corrected chi connectivity index (χ1v) is 4.67. The SMILES string of the molecule is N=c1oc2cc(F)c(F)cc2cc1C(N)=S. The fourth-order valence-electron chi connectivity index (χ4n) is 1.31. The lowest BCUT2D eigenvalue weighted by molar-refractivity contribution is 0.497. The van der Waals surface area contributed by atoms with Crippen molar-refractivity contribution in [1.82, 2.24) is 0 Å². The van der Waals surface area contributed by atoms with Crippen LogP contribution in [-0.4, -0.2) is 4.99 Å². The van der Waals surface area contributed by atoms with Gasteiger partial charge in [0.15, 0.2) is 11.6 Å². The van der Waals surface area contributed by atoms with Gasteiger partial charge in [0, 0.05) is 11.5 Å². The number of thiocarbonyl (C=S) groups is 1. The van der Waals surface area contributed by atoms with E-state index < -0.39 is 11.6 Å². The van der Waals surface area contributed by atoms with E-state index in [1.54, 1.807) is 0 Å². The number of hydrogen-bond acceptors (Lipinski definition) is 3. The molecule has 2 rings (SSSR count). The van der Waals surface area contributed by atoms with Crippen molar-refractivity contribution >= 4 is 28.2 Å². The Kier molecular flexibility index (Phi) is 2.43. The molecular formula is C10H6F2N2OS. The highest BCUT2D eigenvalue weighted by Gasteiger charge is 2.09. The van der Waals surface area contributed by atoms with E-state index in [4.69, 9.17) is 27.8 Å². The van der Waals surface area contributed by atoms with E-state index in [0.29, 0.717) is 5.39 Å². The molecule has 0 bridgehead atoms. The summed E-state index contributed by atoms with van der Waals surface area (Å²) in [5, 5.41) is 7.76. The molecule has 0 saturated carbocycles. The first-order chi connectivity index (χ1) is 7.49. The molecule has 1 aromatic carbocycles. The first-order valence-electron chi connectivity index (χ1n) is 4.26. The quantitative estimate of drug-likeness (QED) is 0.747. The number of rotatable bonds is 1. The molecule has 0 spiro atoms. The Balaban J connectivity index is 2.85. The minimum atomic E-state index is -1.03. The van der Waals surface area contributed by atoms with E-state index in [0.717, 1.165) is 12.1 Å². The summed E-state index contributed by atoms with van der Waals surface area (Å²) in [4.78, 5) is -0.0274. The molecule has 0 atom stereocenters. The standard InChI is InChI=1S/C10H6F2N2OS/c11-6-2-4-1-5(10(14)16)9(13)15-8(4)3-7(6)12/h1-3,13H,(H2,14,16). The zero-order valence-corrected chi connectivity index (χ0v) is 8.70. The maximum Gasteiger partial charge on any atom is 0.222 e. The summed E-state index contributed by atoms with van der Waals surface area (Å²) in [5.74, 6) is -2.02. The van der Waals surface area contributed by atoms with Gasteiger partial charge in [0.2, 0.25) is 5.55 Å². The van der Waals surface area contributed by atoms with Crippen LogP contribution in [0.5, 0.6) is 0 Å². The smallest absolute Gasteiger partial charge is 0.222 e. The fourth-order valence-corrected chi connectivity index (χ4v) is 1.47. The molecule has 1 aromatic heterocycles.